The third-order valence-corrected chi connectivity index (χ3v) is 2.10. The van der Waals surface area contributed by atoms with Crippen LogP contribution in [0.15, 0.2) is 30.7 Å². The molecule has 2 aromatic rings. The molecule has 4 heteroatoms. The molecule has 0 atom stereocenters. The molecule has 0 spiro atoms. The van der Waals surface area contributed by atoms with Crippen molar-refractivity contribution in [2.45, 2.75) is 6.92 Å². The number of rotatable bonds is 2. The van der Waals surface area contributed by atoms with Gasteiger partial charge in [0.05, 0.1) is 11.9 Å². The van der Waals surface area contributed by atoms with Gasteiger partial charge in [-0.25, -0.2) is 9.67 Å². The van der Waals surface area contributed by atoms with Gasteiger partial charge in [-0.05, 0) is 24.6 Å². The van der Waals surface area contributed by atoms with Crippen LogP contribution in [0.1, 0.15) is 5.56 Å². The van der Waals surface area contributed by atoms with E-state index in [0.29, 0.717) is 0 Å². The Kier molecular flexibility index (Phi) is 2.18. The number of hydrogen-bond donors (Lipinski definition) is 1. The molecular weight excluding hydrogens is 176 g/mol. The van der Waals surface area contributed by atoms with Crippen LogP contribution in [0.5, 0.6) is 0 Å². The normalized spacial score (nSPS) is 10.1. The first-order valence-electron chi connectivity index (χ1n) is 4.45. The Bertz CT molecular complexity index is 420. The highest BCUT2D eigenvalue weighted by molar-refractivity contribution is 5.50. The van der Waals surface area contributed by atoms with E-state index in [1.807, 2.05) is 38.5 Å². The first-order valence-corrected chi connectivity index (χ1v) is 4.45. The van der Waals surface area contributed by atoms with E-state index < -0.39 is 0 Å². The van der Waals surface area contributed by atoms with E-state index >= 15 is 0 Å². The van der Waals surface area contributed by atoms with Gasteiger partial charge in [0.2, 0.25) is 0 Å². The molecule has 0 amide bonds. The van der Waals surface area contributed by atoms with E-state index in [4.69, 9.17) is 0 Å². The third kappa shape index (κ3) is 1.46. The van der Waals surface area contributed by atoms with E-state index in [9.17, 15) is 0 Å². The number of nitrogens with one attached hydrogen (secondary N) is 1. The number of nitrogens with zero attached hydrogens (tertiary/aromatic N) is 3. The number of anilines is 1. The molecule has 4 nitrogen and oxygen atoms in total. The summed E-state index contributed by atoms with van der Waals surface area (Å²) < 4.78 is 1.74. The lowest BCUT2D eigenvalue weighted by atomic mass is 10.2. The summed E-state index contributed by atoms with van der Waals surface area (Å²) in [7, 11) is 1.89. The summed E-state index contributed by atoms with van der Waals surface area (Å²) in [5.41, 5.74) is 2.20. The summed E-state index contributed by atoms with van der Waals surface area (Å²) >= 11 is 0. The lowest BCUT2D eigenvalue weighted by Crippen LogP contribution is -2.00. The van der Waals surface area contributed by atoms with Crippen molar-refractivity contribution in [1.82, 2.24) is 14.8 Å². The van der Waals surface area contributed by atoms with Gasteiger partial charge in [0, 0.05) is 19.4 Å². The van der Waals surface area contributed by atoms with E-state index in [0.717, 1.165) is 17.1 Å². The summed E-state index contributed by atoms with van der Waals surface area (Å²) in [6.07, 6.45) is 5.43. The summed E-state index contributed by atoms with van der Waals surface area (Å²) in [5.74, 6) is 0.839. The number of hydrogen-bond acceptors (Lipinski definition) is 3. The number of aryl methyl sites for hydroxylation is 1. The van der Waals surface area contributed by atoms with Crippen LogP contribution in [-0.2, 0) is 0 Å². The molecule has 0 saturated heterocycles. The van der Waals surface area contributed by atoms with Crippen LogP contribution in [0, 0.1) is 6.92 Å². The maximum absolute atomic E-state index is 4.29. The van der Waals surface area contributed by atoms with Gasteiger partial charge in [-0.1, -0.05) is 0 Å². The second-order valence-corrected chi connectivity index (χ2v) is 3.06. The van der Waals surface area contributed by atoms with Crippen molar-refractivity contribution in [1.29, 1.82) is 0 Å². The molecular formula is C10H12N4. The molecule has 0 fully saturated rings. The Labute approximate surface area is 82.6 Å². The zero-order chi connectivity index (χ0) is 9.97. The summed E-state index contributed by atoms with van der Waals surface area (Å²) in [6, 6.07) is 3.88. The highest BCUT2D eigenvalue weighted by atomic mass is 15.3. The van der Waals surface area contributed by atoms with Crippen molar-refractivity contribution in [2.24, 2.45) is 0 Å². The van der Waals surface area contributed by atoms with Crippen molar-refractivity contribution in [3.63, 3.8) is 0 Å². The maximum atomic E-state index is 4.29. The van der Waals surface area contributed by atoms with Crippen LogP contribution in [0.3, 0.4) is 0 Å². The summed E-state index contributed by atoms with van der Waals surface area (Å²) in [6.45, 7) is 2.04. The SMILES string of the molecule is CNc1cnc(-n2cccn2)cc1C. The second-order valence-electron chi connectivity index (χ2n) is 3.06. The van der Waals surface area contributed by atoms with Gasteiger partial charge in [0.15, 0.2) is 5.82 Å². The van der Waals surface area contributed by atoms with E-state index in [1.165, 1.54) is 0 Å². The standard InChI is InChI=1S/C10H12N4/c1-8-6-10(12-7-9(8)11-2)14-5-3-4-13-14/h3-7,11H,1-2H3. The molecule has 0 aliphatic carbocycles. The van der Waals surface area contributed by atoms with Crippen LogP contribution < -0.4 is 5.32 Å². The van der Waals surface area contributed by atoms with Crippen molar-refractivity contribution < 1.29 is 0 Å². The molecule has 2 rings (SSSR count). The van der Waals surface area contributed by atoms with Gasteiger partial charge in [-0.2, -0.15) is 5.10 Å². The van der Waals surface area contributed by atoms with E-state index in [2.05, 4.69) is 15.4 Å². The minimum atomic E-state index is 0.839. The topological polar surface area (TPSA) is 42.7 Å². The van der Waals surface area contributed by atoms with E-state index in [-0.39, 0.29) is 0 Å². The predicted molar refractivity (Wildman–Crippen MR) is 55.6 cm³/mol. The first kappa shape index (κ1) is 8.74. The molecule has 0 unspecified atom stereocenters. The van der Waals surface area contributed by atoms with Crippen LogP contribution >= 0.6 is 0 Å². The Balaban J connectivity index is 2.43. The summed E-state index contributed by atoms with van der Waals surface area (Å²) in [4.78, 5) is 4.29. The molecule has 0 bridgehead atoms. The highest BCUT2D eigenvalue weighted by Gasteiger charge is 2.01. The Morgan fingerprint density at radius 1 is 1.43 bits per heavy atom. The van der Waals surface area contributed by atoms with Gasteiger partial charge in [-0.15, -0.1) is 0 Å². The van der Waals surface area contributed by atoms with Gasteiger partial charge in [-0.3, -0.25) is 0 Å². The van der Waals surface area contributed by atoms with Crippen molar-refractivity contribution >= 4 is 5.69 Å². The number of aromatic nitrogens is 3. The smallest absolute Gasteiger partial charge is 0.153 e. The molecule has 72 valence electrons. The molecule has 2 heterocycles. The first-order chi connectivity index (χ1) is 6.81. The predicted octanol–water partition coefficient (Wildman–Crippen LogP) is 1.62. The fourth-order valence-electron chi connectivity index (χ4n) is 1.33. The average molecular weight is 188 g/mol. The van der Waals surface area contributed by atoms with Gasteiger partial charge >= 0.3 is 0 Å². The Hall–Kier alpha value is -1.84. The second kappa shape index (κ2) is 3.49. The van der Waals surface area contributed by atoms with Crippen molar-refractivity contribution in [2.75, 3.05) is 12.4 Å². The molecule has 0 aliphatic rings. The molecule has 1 N–H and O–H groups in total. The van der Waals surface area contributed by atoms with Gasteiger partial charge in [0.25, 0.3) is 0 Å². The Morgan fingerprint density at radius 3 is 2.86 bits per heavy atom. The lowest BCUT2D eigenvalue weighted by Gasteiger charge is -2.06. The zero-order valence-corrected chi connectivity index (χ0v) is 8.23. The summed E-state index contributed by atoms with van der Waals surface area (Å²) in [5, 5.41) is 7.19. The van der Waals surface area contributed by atoms with Crippen molar-refractivity contribution in [3.8, 4) is 5.82 Å². The molecule has 0 saturated carbocycles. The lowest BCUT2D eigenvalue weighted by molar-refractivity contribution is 0.845. The zero-order valence-electron chi connectivity index (χ0n) is 8.23. The van der Waals surface area contributed by atoms with Crippen LogP contribution in [0.2, 0.25) is 0 Å². The van der Waals surface area contributed by atoms with Crippen LogP contribution in [-0.4, -0.2) is 21.8 Å². The van der Waals surface area contributed by atoms with Crippen LogP contribution in [0.25, 0.3) is 5.82 Å². The third-order valence-electron chi connectivity index (χ3n) is 2.10. The van der Waals surface area contributed by atoms with Crippen LogP contribution in [0.4, 0.5) is 5.69 Å². The molecule has 0 aliphatic heterocycles. The van der Waals surface area contributed by atoms with Gasteiger partial charge in [0.1, 0.15) is 0 Å². The minimum Gasteiger partial charge on any atom is -0.387 e. The fourth-order valence-corrected chi connectivity index (χ4v) is 1.33. The largest absolute Gasteiger partial charge is 0.387 e. The number of pyridine rings is 1. The monoisotopic (exact) mass is 188 g/mol. The van der Waals surface area contributed by atoms with Crippen molar-refractivity contribution in [3.05, 3.63) is 36.3 Å². The highest BCUT2D eigenvalue weighted by Crippen LogP contribution is 2.14. The Morgan fingerprint density at radius 2 is 2.29 bits per heavy atom. The fraction of sp³-hybridized carbons (Fsp3) is 0.200. The maximum Gasteiger partial charge on any atom is 0.153 e. The quantitative estimate of drug-likeness (QED) is 0.778. The van der Waals surface area contributed by atoms with E-state index in [1.54, 1.807) is 10.9 Å². The molecule has 0 radical (unpaired) electrons. The molecule has 0 aromatic carbocycles. The van der Waals surface area contributed by atoms with Gasteiger partial charge < -0.3 is 5.32 Å². The minimum absolute atomic E-state index is 0.839. The molecule has 2 aromatic heterocycles. The molecule has 14 heavy (non-hydrogen) atoms. The average Bonchev–Trinajstić information content (AvgIpc) is 2.70.